The number of hydrogen-bond acceptors (Lipinski definition) is 2. The van der Waals surface area contributed by atoms with E-state index in [2.05, 4.69) is 12.2 Å². The highest BCUT2D eigenvalue weighted by Gasteiger charge is 2.24. The Kier molecular flexibility index (Phi) is 8.26. The van der Waals surface area contributed by atoms with Crippen molar-refractivity contribution in [3.05, 3.63) is 0 Å². The van der Waals surface area contributed by atoms with Crippen LogP contribution in [0.5, 0.6) is 0 Å². The van der Waals surface area contributed by atoms with Gasteiger partial charge in [-0.25, -0.2) is 0 Å². The van der Waals surface area contributed by atoms with Gasteiger partial charge in [-0.2, -0.15) is 0 Å². The minimum absolute atomic E-state index is 0.0631. The molecule has 0 spiro atoms. The zero-order chi connectivity index (χ0) is 12.6. The summed E-state index contributed by atoms with van der Waals surface area (Å²) in [6.07, 6.45) is 3.04. The van der Waals surface area contributed by atoms with Crippen LogP contribution in [-0.2, 0) is 4.79 Å². The van der Waals surface area contributed by atoms with Gasteiger partial charge < -0.3 is 10.4 Å². The van der Waals surface area contributed by atoms with Crippen LogP contribution in [0.1, 0.15) is 53.4 Å². The van der Waals surface area contributed by atoms with Crippen LogP contribution in [0.4, 0.5) is 0 Å². The zero-order valence-corrected chi connectivity index (χ0v) is 11.1. The highest BCUT2D eigenvalue weighted by atomic mass is 16.3. The molecule has 0 unspecified atom stereocenters. The molecule has 96 valence electrons. The third-order valence-corrected chi connectivity index (χ3v) is 2.97. The first-order valence-corrected chi connectivity index (χ1v) is 6.48. The molecular formula is C13H27NO2. The molecule has 0 saturated heterocycles. The summed E-state index contributed by atoms with van der Waals surface area (Å²) < 4.78 is 0. The molecule has 0 radical (unpaired) electrons. The topological polar surface area (TPSA) is 49.3 Å². The molecule has 3 nitrogen and oxygen atoms in total. The van der Waals surface area contributed by atoms with Crippen molar-refractivity contribution >= 4 is 5.91 Å². The zero-order valence-electron chi connectivity index (χ0n) is 11.1. The van der Waals surface area contributed by atoms with Crippen LogP contribution < -0.4 is 5.32 Å². The highest BCUT2D eigenvalue weighted by molar-refractivity contribution is 5.78. The number of aliphatic hydroxyl groups excluding tert-OH is 1. The molecule has 0 aromatic carbocycles. The molecule has 0 aliphatic rings. The maximum atomic E-state index is 11.9. The molecule has 0 rings (SSSR count). The Labute approximate surface area is 99.6 Å². The lowest BCUT2D eigenvalue weighted by Gasteiger charge is -2.22. The van der Waals surface area contributed by atoms with Crippen molar-refractivity contribution < 1.29 is 9.90 Å². The SMILES string of the molecule is CCCCNC(=O)[C@@H](C[C@@H](O)CC)C(C)C. The van der Waals surface area contributed by atoms with E-state index in [0.29, 0.717) is 12.8 Å². The van der Waals surface area contributed by atoms with Crippen molar-refractivity contribution in [2.75, 3.05) is 6.54 Å². The standard InChI is InChI=1S/C13H27NO2/c1-5-7-8-14-13(16)12(10(3)4)9-11(15)6-2/h10-12,15H,5-9H2,1-4H3,(H,14,16)/t11-,12-/m0/s1. The van der Waals surface area contributed by atoms with Gasteiger partial charge in [0.2, 0.25) is 5.91 Å². The lowest BCUT2D eigenvalue weighted by Crippen LogP contribution is -2.36. The number of unbranched alkanes of at least 4 members (excludes halogenated alkanes) is 1. The molecule has 16 heavy (non-hydrogen) atoms. The summed E-state index contributed by atoms with van der Waals surface area (Å²) in [6, 6.07) is 0. The van der Waals surface area contributed by atoms with Crippen LogP contribution >= 0.6 is 0 Å². The maximum absolute atomic E-state index is 11.9. The highest BCUT2D eigenvalue weighted by Crippen LogP contribution is 2.18. The van der Waals surface area contributed by atoms with Gasteiger partial charge in [0.25, 0.3) is 0 Å². The van der Waals surface area contributed by atoms with Crippen molar-refractivity contribution in [1.82, 2.24) is 5.32 Å². The number of carbonyl (C=O) groups is 1. The summed E-state index contributed by atoms with van der Waals surface area (Å²) in [5, 5.41) is 12.6. The number of rotatable bonds is 8. The van der Waals surface area contributed by atoms with Crippen molar-refractivity contribution in [2.45, 2.75) is 59.5 Å². The average molecular weight is 229 g/mol. The normalized spacial score (nSPS) is 14.9. The summed E-state index contributed by atoms with van der Waals surface area (Å²) in [6.45, 7) is 8.86. The number of carbonyl (C=O) groups excluding carboxylic acids is 1. The second kappa shape index (κ2) is 8.57. The minimum Gasteiger partial charge on any atom is -0.393 e. The monoisotopic (exact) mass is 229 g/mol. The lowest BCUT2D eigenvalue weighted by molar-refractivity contribution is -0.127. The first-order chi connectivity index (χ1) is 7.52. The van der Waals surface area contributed by atoms with E-state index < -0.39 is 0 Å². The molecule has 1 amide bonds. The molecule has 3 heteroatoms. The summed E-state index contributed by atoms with van der Waals surface area (Å²) in [4.78, 5) is 11.9. The van der Waals surface area contributed by atoms with E-state index in [-0.39, 0.29) is 23.8 Å². The van der Waals surface area contributed by atoms with E-state index in [0.717, 1.165) is 19.4 Å². The lowest BCUT2D eigenvalue weighted by atomic mass is 9.88. The fourth-order valence-electron chi connectivity index (χ4n) is 1.66. The first kappa shape index (κ1) is 15.4. The van der Waals surface area contributed by atoms with Gasteiger partial charge in [0.05, 0.1) is 6.10 Å². The van der Waals surface area contributed by atoms with E-state index in [4.69, 9.17) is 0 Å². The van der Waals surface area contributed by atoms with E-state index in [1.165, 1.54) is 0 Å². The van der Waals surface area contributed by atoms with E-state index >= 15 is 0 Å². The third kappa shape index (κ3) is 6.11. The van der Waals surface area contributed by atoms with E-state index in [1.54, 1.807) is 0 Å². The Morgan fingerprint density at radius 3 is 2.38 bits per heavy atom. The third-order valence-electron chi connectivity index (χ3n) is 2.97. The van der Waals surface area contributed by atoms with Crippen LogP contribution in [0.2, 0.25) is 0 Å². The first-order valence-electron chi connectivity index (χ1n) is 6.48. The summed E-state index contributed by atoms with van der Waals surface area (Å²) in [5.74, 6) is 0.311. The van der Waals surface area contributed by atoms with Gasteiger partial charge in [0.1, 0.15) is 0 Å². The second-order valence-corrected chi connectivity index (χ2v) is 4.79. The van der Waals surface area contributed by atoms with E-state index in [1.807, 2.05) is 20.8 Å². The van der Waals surface area contributed by atoms with Crippen LogP contribution in [0.15, 0.2) is 0 Å². The van der Waals surface area contributed by atoms with Crippen molar-refractivity contribution in [3.8, 4) is 0 Å². The van der Waals surface area contributed by atoms with Crippen LogP contribution in [0.3, 0.4) is 0 Å². The molecule has 0 aliphatic carbocycles. The summed E-state index contributed by atoms with van der Waals surface area (Å²) in [7, 11) is 0. The second-order valence-electron chi connectivity index (χ2n) is 4.79. The van der Waals surface area contributed by atoms with Crippen LogP contribution in [-0.4, -0.2) is 23.7 Å². The number of amides is 1. The quantitative estimate of drug-likeness (QED) is 0.628. The Hall–Kier alpha value is -0.570. The average Bonchev–Trinajstić information content (AvgIpc) is 2.25. The molecule has 2 atom stereocenters. The van der Waals surface area contributed by atoms with Gasteiger partial charge in [-0.05, 0) is 25.2 Å². The molecule has 0 heterocycles. The molecule has 0 aliphatic heterocycles. The predicted octanol–water partition coefficient (Wildman–Crippen LogP) is 2.34. The maximum Gasteiger partial charge on any atom is 0.223 e. The van der Waals surface area contributed by atoms with Crippen molar-refractivity contribution in [3.63, 3.8) is 0 Å². The fourth-order valence-corrected chi connectivity index (χ4v) is 1.66. The summed E-state index contributed by atoms with van der Waals surface area (Å²) in [5.41, 5.74) is 0. The molecule has 0 saturated carbocycles. The summed E-state index contributed by atoms with van der Waals surface area (Å²) >= 11 is 0. The predicted molar refractivity (Wildman–Crippen MR) is 67.2 cm³/mol. The van der Waals surface area contributed by atoms with Crippen LogP contribution in [0.25, 0.3) is 0 Å². The molecule has 0 aromatic rings. The Morgan fingerprint density at radius 2 is 1.94 bits per heavy atom. The molecule has 2 N–H and O–H groups in total. The van der Waals surface area contributed by atoms with Crippen molar-refractivity contribution in [1.29, 1.82) is 0 Å². The van der Waals surface area contributed by atoms with Gasteiger partial charge in [0.15, 0.2) is 0 Å². The number of aliphatic hydroxyl groups is 1. The fraction of sp³-hybridized carbons (Fsp3) is 0.923. The molecule has 0 fully saturated rings. The molecule has 0 aromatic heterocycles. The Morgan fingerprint density at radius 1 is 1.31 bits per heavy atom. The van der Waals surface area contributed by atoms with Gasteiger partial charge in [-0.3, -0.25) is 4.79 Å². The Bertz CT molecular complexity index is 192. The van der Waals surface area contributed by atoms with Crippen molar-refractivity contribution in [2.24, 2.45) is 11.8 Å². The van der Waals surface area contributed by atoms with Gasteiger partial charge in [0, 0.05) is 12.5 Å². The van der Waals surface area contributed by atoms with Gasteiger partial charge in [-0.1, -0.05) is 34.1 Å². The van der Waals surface area contributed by atoms with Gasteiger partial charge in [-0.15, -0.1) is 0 Å². The van der Waals surface area contributed by atoms with E-state index in [9.17, 15) is 9.90 Å². The number of hydrogen-bond donors (Lipinski definition) is 2. The Balaban J connectivity index is 4.13. The van der Waals surface area contributed by atoms with Gasteiger partial charge >= 0.3 is 0 Å². The largest absolute Gasteiger partial charge is 0.393 e. The number of nitrogens with one attached hydrogen (secondary N) is 1. The molecular weight excluding hydrogens is 202 g/mol. The molecule has 0 bridgehead atoms. The van der Waals surface area contributed by atoms with Crippen LogP contribution in [0, 0.1) is 11.8 Å². The smallest absolute Gasteiger partial charge is 0.223 e. The minimum atomic E-state index is -0.357.